The molecule has 2 aromatic rings. The number of piperidine rings is 1. The predicted molar refractivity (Wildman–Crippen MR) is 140 cm³/mol. The molecule has 1 aliphatic carbocycles. The topological polar surface area (TPSA) is 71.4 Å². The zero-order valence-corrected chi connectivity index (χ0v) is 21.6. The van der Waals surface area contributed by atoms with Crippen molar-refractivity contribution in [1.82, 2.24) is 14.8 Å². The Morgan fingerprint density at radius 2 is 1.69 bits per heavy atom. The van der Waals surface area contributed by atoms with Crippen molar-refractivity contribution in [3.8, 4) is 0 Å². The van der Waals surface area contributed by atoms with Gasteiger partial charge in [0.15, 0.2) is 0 Å². The molecule has 3 heterocycles. The summed E-state index contributed by atoms with van der Waals surface area (Å²) in [5.41, 5.74) is 2.12. The number of fused-ring (bicyclic) bond motifs is 4. The Morgan fingerprint density at radius 1 is 0.944 bits per heavy atom. The maximum Gasteiger partial charge on any atom is 0.250 e. The van der Waals surface area contributed by atoms with Crippen molar-refractivity contribution in [2.75, 3.05) is 13.1 Å². The van der Waals surface area contributed by atoms with Crippen molar-refractivity contribution in [3.05, 3.63) is 70.1 Å². The number of carbonyl (C=O) groups excluding carboxylic acids is 2. The van der Waals surface area contributed by atoms with Crippen LogP contribution in [0.25, 0.3) is 0 Å². The van der Waals surface area contributed by atoms with Crippen LogP contribution in [-0.2, 0) is 22.6 Å². The van der Waals surface area contributed by atoms with Gasteiger partial charge in [-0.2, -0.15) is 0 Å². The van der Waals surface area contributed by atoms with Gasteiger partial charge in [0, 0.05) is 49.7 Å². The van der Waals surface area contributed by atoms with Crippen LogP contribution < -0.4 is 10.9 Å². The molecular weight excluding hydrogens is 450 g/mol. The lowest BCUT2D eigenvalue weighted by Crippen LogP contribution is -2.56. The quantitative estimate of drug-likeness (QED) is 0.667. The molecule has 1 N–H and O–H groups in total. The molecule has 0 spiro atoms. The summed E-state index contributed by atoms with van der Waals surface area (Å²) >= 11 is 0. The average Bonchev–Trinajstić information content (AvgIpc) is 2.89. The molecule has 36 heavy (non-hydrogen) atoms. The first-order chi connectivity index (χ1) is 17.4. The SMILES string of the molecule is CC(C)C1CCC(C(=O)N[C@@H](Cc2ccccc2)C(=O)N2C[C@@H]3C[C@H](C2)c2cccc(=O)n2C3)CC1. The molecule has 3 aliphatic rings. The van der Waals surface area contributed by atoms with E-state index in [1.165, 1.54) is 0 Å². The van der Waals surface area contributed by atoms with Gasteiger partial charge < -0.3 is 14.8 Å². The van der Waals surface area contributed by atoms with E-state index in [0.717, 1.165) is 43.4 Å². The molecule has 6 heteroatoms. The molecule has 0 radical (unpaired) electrons. The molecule has 0 unspecified atom stereocenters. The van der Waals surface area contributed by atoms with Gasteiger partial charge in [0.05, 0.1) is 0 Å². The highest BCUT2D eigenvalue weighted by Crippen LogP contribution is 2.36. The van der Waals surface area contributed by atoms with Crippen LogP contribution in [0.2, 0.25) is 0 Å². The lowest BCUT2D eigenvalue weighted by atomic mass is 9.76. The molecule has 5 rings (SSSR count). The number of hydrogen-bond donors (Lipinski definition) is 1. The van der Waals surface area contributed by atoms with E-state index in [1.54, 1.807) is 6.07 Å². The average molecular weight is 490 g/mol. The first-order valence-corrected chi connectivity index (χ1v) is 13.7. The summed E-state index contributed by atoms with van der Waals surface area (Å²) in [4.78, 5) is 41.6. The summed E-state index contributed by atoms with van der Waals surface area (Å²) in [6.45, 7) is 6.42. The van der Waals surface area contributed by atoms with Gasteiger partial charge in [-0.3, -0.25) is 14.4 Å². The second kappa shape index (κ2) is 10.6. The maximum absolute atomic E-state index is 13.9. The molecule has 1 aromatic carbocycles. The fourth-order valence-electron chi connectivity index (χ4n) is 6.68. The Hall–Kier alpha value is -2.89. The normalized spacial score (nSPS) is 26.2. The van der Waals surface area contributed by atoms with Crippen LogP contribution in [0.15, 0.2) is 53.3 Å². The van der Waals surface area contributed by atoms with Gasteiger partial charge in [0.1, 0.15) is 6.04 Å². The van der Waals surface area contributed by atoms with E-state index in [1.807, 2.05) is 51.9 Å². The number of benzene rings is 1. The number of hydrogen-bond acceptors (Lipinski definition) is 3. The minimum Gasteiger partial charge on any atom is -0.344 e. The van der Waals surface area contributed by atoms with Crippen LogP contribution in [-0.4, -0.2) is 40.4 Å². The van der Waals surface area contributed by atoms with Crippen LogP contribution in [0.4, 0.5) is 0 Å². The molecule has 3 atom stereocenters. The number of amides is 2. The number of nitrogens with zero attached hydrogens (tertiary/aromatic N) is 2. The van der Waals surface area contributed by atoms with Gasteiger partial charge in [-0.25, -0.2) is 0 Å². The molecule has 6 nitrogen and oxygen atoms in total. The molecular formula is C30H39N3O3. The van der Waals surface area contributed by atoms with E-state index < -0.39 is 6.04 Å². The summed E-state index contributed by atoms with van der Waals surface area (Å²) in [6, 6.07) is 14.9. The molecule has 2 fully saturated rings. The van der Waals surface area contributed by atoms with Crippen LogP contribution in [0.3, 0.4) is 0 Å². The number of rotatable bonds is 6. The summed E-state index contributed by atoms with van der Waals surface area (Å²) in [5.74, 6) is 1.80. The zero-order chi connectivity index (χ0) is 25.2. The molecule has 1 aromatic heterocycles. The van der Waals surface area contributed by atoms with E-state index >= 15 is 0 Å². The fourth-order valence-corrected chi connectivity index (χ4v) is 6.68. The van der Waals surface area contributed by atoms with E-state index in [9.17, 15) is 14.4 Å². The van der Waals surface area contributed by atoms with E-state index in [2.05, 4.69) is 19.2 Å². The fraction of sp³-hybridized carbons (Fsp3) is 0.567. The number of aromatic nitrogens is 1. The Balaban J connectivity index is 1.31. The van der Waals surface area contributed by atoms with Crippen molar-refractivity contribution in [2.24, 2.45) is 23.7 Å². The van der Waals surface area contributed by atoms with Gasteiger partial charge in [0.25, 0.3) is 5.56 Å². The van der Waals surface area contributed by atoms with Crippen LogP contribution in [0.1, 0.15) is 63.1 Å². The van der Waals surface area contributed by atoms with Gasteiger partial charge in [-0.1, -0.05) is 50.2 Å². The standard InChI is InChI=1S/C30H39N3O3/c1-20(2)23-11-13-24(14-12-23)29(35)31-26(16-21-7-4-3-5-8-21)30(36)32-17-22-15-25(19-32)27-9-6-10-28(34)33(27)18-22/h3-10,20,22-26H,11-19H2,1-2H3,(H,31,35)/t22-,23?,24?,25+,26-/m0/s1. The Morgan fingerprint density at radius 3 is 2.42 bits per heavy atom. The summed E-state index contributed by atoms with van der Waals surface area (Å²) in [7, 11) is 0. The van der Waals surface area contributed by atoms with Crippen molar-refractivity contribution < 1.29 is 9.59 Å². The maximum atomic E-state index is 13.9. The second-order valence-electron chi connectivity index (χ2n) is 11.5. The smallest absolute Gasteiger partial charge is 0.250 e. The molecule has 2 bridgehead atoms. The third-order valence-electron chi connectivity index (χ3n) is 8.77. The Kier molecular flexibility index (Phi) is 7.31. The van der Waals surface area contributed by atoms with Gasteiger partial charge in [0.2, 0.25) is 11.8 Å². The largest absolute Gasteiger partial charge is 0.344 e. The Labute approximate surface area is 214 Å². The van der Waals surface area contributed by atoms with Crippen molar-refractivity contribution >= 4 is 11.8 Å². The van der Waals surface area contributed by atoms with E-state index in [-0.39, 0.29) is 35.1 Å². The minimum absolute atomic E-state index is 0.00416. The highest BCUT2D eigenvalue weighted by Gasteiger charge is 2.39. The number of nitrogens with one attached hydrogen (secondary N) is 1. The molecule has 2 aliphatic heterocycles. The van der Waals surface area contributed by atoms with Crippen LogP contribution in [0.5, 0.6) is 0 Å². The number of carbonyl (C=O) groups is 2. The third-order valence-corrected chi connectivity index (χ3v) is 8.77. The van der Waals surface area contributed by atoms with Gasteiger partial charge in [-0.15, -0.1) is 0 Å². The van der Waals surface area contributed by atoms with Gasteiger partial charge in [-0.05, 0) is 61.5 Å². The third kappa shape index (κ3) is 5.28. The van der Waals surface area contributed by atoms with Crippen molar-refractivity contribution in [1.29, 1.82) is 0 Å². The molecule has 1 saturated heterocycles. The monoisotopic (exact) mass is 489 g/mol. The molecule has 2 amide bonds. The lowest BCUT2D eigenvalue weighted by Gasteiger charge is -2.43. The number of likely N-dealkylation sites (tertiary alicyclic amines) is 1. The summed E-state index contributed by atoms with van der Waals surface area (Å²) < 4.78 is 1.89. The number of pyridine rings is 1. The van der Waals surface area contributed by atoms with E-state index in [4.69, 9.17) is 0 Å². The summed E-state index contributed by atoms with van der Waals surface area (Å²) in [5, 5.41) is 3.18. The highest BCUT2D eigenvalue weighted by atomic mass is 16.2. The molecule has 1 saturated carbocycles. The second-order valence-corrected chi connectivity index (χ2v) is 11.5. The van der Waals surface area contributed by atoms with E-state index in [0.29, 0.717) is 37.9 Å². The van der Waals surface area contributed by atoms with Crippen LogP contribution in [0, 0.1) is 23.7 Å². The Bertz CT molecular complexity index is 1130. The van der Waals surface area contributed by atoms with Crippen LogP contribution >= 0.6 is 0 Å². The highest BCUT2D eigenvalue weighted by molar-refractivity contribution is 5.89. The van der Waals surface area contributed by atoms with Crippen molar-refractivity contribution in [3.63, 3.8) is 0 Å². The van der Waals surface area contributed by atoms with Crippen molar-refractivity contribution in [2.45, 2.75) is 70.9 Å². The lowest BCUT2D eigenvalue weighted by molar-refractivity contribution is -0.140. The molecule has 192 valence electrons. The van der Waals surface area contributed by atoms with Gasteiger partial charge >= 0.3 is 0 Å². The predicted octanol–water partition coefficient (Wildman–Crippen LogP) is 3.98. The first kappa shape index (κ1) is 24.8. The minimum atomic E-state index is -0.570. The first-order valence-electron chi connectivity index (χ1n) is 13.7. The summed E-state index contributed by atoms with van der Waals surface area (Å²) in [6.07, 6.45) is 5.47. The zero-order valence-electron chi connectivity index (χ0n) is 21.6.